The lowest BCUT2D eigenvalue weighted by Gasteiger charge is -2.33. The van der Waals surface area contributed by atoms with Gasteiger partial charge in [-0.2, -0.15) is 31.4 Å². The van der Waals surface area contributed by atoms with E-state index >= 15 is 0 Å². The van der Waals surface area contributed by atoms with E-state index < -0.39 is 58.7 Å². The molecule has 0 unspecified atom stereocenters. The summed E-state index contributed by atoms with van der Waals surface area (Å²) in [6, 6.07) is 5.65. The predicted octanol–water partition coefficient (Wildman–Crippen LogP) is 6.49. The summed E-state index contributed by atoms with van der Waals surface area (Å²) in [4.78, 5) is 12.8. The molecule has 2 heterocycles. The molecule has 0 bridgehead atoms. The normalized spacial score (nSPS) is 17.5. The van der Waals surface area contributed by atoms with Gasteiger partial charge in [-0.1, -0.05) is 29.8 Å². The molecule has 7 nitrogen and oxygen atoms in total. The van der Waals surface area contributed by atoms with Gasteiger partial charge in [0, 0.05) is 6.42 Å². The molecule has 4 rings (SSSR count). The number of ether oxygens (including phenoxy) is 2. The summed E-state index contributed by atoms with van der Waals surface area (Å²) in [5, 5.41) is 8.18. The average molecular weight is 549 g/mol. The van der Waals surface area contributed by atoms with Crippen LogP contribution < -0.4 is 20.1 Å². The molecule has 0 fully saturated rings. The van der Waals surface area contributed by atoms with E-state index in [1.54, 1.807) is 6.07 Å². The molecule has 2 N–H and O–H groups in total. The van der Waals surface area contributed by atoms with Crippen molar-refractivity contribution in [3.63, 3.8) is 0 Å². The quantitative estimate of drug-likeness (QED) is 0.357. The largest absolute Gasteiger partial charge is 0.493 e. The summed E-state index contributed by atoms with van der Waals surface area (Å²) >= 11 is 6.27. The Bertz CT molecular complexity index is 1320. The SMILES string of the molecule is COc1ccc([C@H]2C[C@@H](C(F)(F)F)n3nc(C(=O)Nc4ccccc4C(F)(F)F)c(Cl)c3N2)cc1OC. The molecular formula is C23H19ClF6N4O3. The molecule has 3 aromatic rings. The van der Waals surface area contributed by atoms with Gasteiger partial charge in [0.15, 0.2) is 23.2 Å². The zero-order valence-electron chi connectivity index (χ0n) is 19.2. The second-order valence-electron chi connectivity index (χ2n) is 8.06. The highest BCUT2D eigenvalue weighted by Crippen LogP contribution is 2.47. The van der Waals surface area contributed by atoms with Crippen LogP contribution in [-0.4, -0.2) is 36.1 Å². The van der Waals surface area contributed by atoms with Crippen molar-refractivity contribution in [2.75, 3.05) is 24.9 Å². The molecule has 37 heavy (non-hydrogen) atoms. The van der Waals surface area contributed by atoms with Crippen molar-refractivity contribution >= 4 is 29.0 Å². The summed E-state index contributed by atoms with van der Waals surface area (Å²) in [6.45, 7) is 0. The van der Waals surface area contributed by atoms with Crippen LogP contribution in [0.4, 0.5) is 37.8 Å². The molecule has 0 aliphatic carbocycles. The Morgan fingerprint density at radius 3 is 2.38 bits per heavy atom. The number of nitrogens with zero attached hydrogens (tertiary/aromatic N) is 2. The third-order valence-corrected chi connectivity index (χ3v) is 6.16. The molecule has 14 heteroatoms. The second-order valence-corrected chi connectivity index (χ2v) is 8.44. The predicted molar refractivity (Wildman–Crippen MR) is 122 cm³/mol. The van der Waals surface area contributed by atoms with Gasteiger partial charge in [-0.15, -0.1) is 0 Å². The van der Waals surface area contributed by atoms with Crippen LogP contribution >= 0.6 is 11.6 Å². The number of nitrogens with one attached hydrogen (secondary N) is 2. The number of halogens is 7. The number of anilines is 2. The molecule has 1 aliphatic heterocycles. The molecular weight excluding hydrogens is 530 g/mol. The number of para-hydroxylation sites is 1. The molecule has 2 aromatic carbocycles. The van der Waals surface area contributed by atoms with E-state index in [2.05, 4.69) is 10.4 Å². The van der Waals surface area contributed by atoms with Crippen LogP contribution in [0.3, 0.4) is 0 Å². The highest BCUT2D eigenvalue weighted by atomic mass is 35.5. The first-order valence-corrected chi connectivity index (χ1v) is 11.0. The lowest BCUT2D eigenvalue weighted by atomic mass is 9.96. The van der Waals surface area contributed by atoms with Crippen molar-refractivity contribution in [3.05, 3.63) is 64.3 Å². The van der Waals surface area contributed by atoms with Crippen LogP contribution in [0, 0.1) is 0 Å². The van der Waals surface area contributed by atoms with Gasteiger partial charge in [0.05, 0.1) is 31.5 Å². The van der Waals surface area contributed by atoms with Crippen molar-refractivity contribution in [1.29, 1.82) is 0 Å². The minimum Gasteiger partial charge on any atom is -0.493 e. The number of methoxy groups -OCH3 is 2. The van der Waals surface area contributed by atoms with Gasteiger partial charge in [0.25, 0.3) is 5.91 Å². The van der Waals surface area contributed by atoms with Gasteiger partial charge in [-0.05, 0) is 29.8 Å². The zero-order valence-corrected chi connectivity index (χ0v) is 19.9. The van der Waals surface area contributed by atoms with Gasteiger partial charge in [0.2, 0.25) is 0 Å². The third-order valence-electron chi connectivity index (χ3n) is 5.80. The van der Waals surface area contributed by atoms with Crippen molar-refractivity contribution in [2.24, 2.45) is 0 Å². The lowest BCUT2D eigenvalue weighted by molar-refractivity contribution is -0.173. The average Bonchev–Trinajstić information content (AvgIpc) is 3.18. The van der Waals surface area contributed by atoms with E-state index in [-0.39, 0.29) is 5.82 Å². The first kappa shape index (κ1) is 26.5. The van der Waals surface area contributed by atoms with E-state index in [9.17, 15) is 31.1 Å². The summed E-state index contributed by atoms with van der Waals surface area (Å²) < 4.78 is 93.0. The Morgan fingerprint density at radius 2 is 1.76 bits per heavy atom. The molecule has 0 radical (unpaired) electrons. The van der Waals surface area contributed by atoms with E-state index in [1.807, 2.05) is 5.32 Å². The first-order chi connectivity index (χ1) is 17.3. The van der Waals surface area contributed by atoms with Crippen LogP contribution in [0.25, 0.3) is 0 Å². The Hall–Kier alpha value is -3.61. The minimum absolute atomic E-state index is 0.291. The van der Waals surface area contributed by atoms with Crippen LogP contribution in [0.2, 0.25) is 5.02 Å². The van der Waals surface area contributed by atoms with Crippen molar-refractivity contribution in [1.82, 2.24) is 9.78 Å². The zero-order chi connectivity index (χ0) is 27.1. The first-order valence-electron chi connectivity index (χ1n) is 10.7. The van der Waals surface area contributed by atoms with E-state index in [1.165, 1.54) is 32.4 Å². The van der Waals surface area contributed by atoms with Gasteiger partial charge >= 0.3 is 12.4 Å². The summed E-state index contributed by atoms with van der Waals surface area (Å²) in [5.41, 5.74) is -1.97. The number of carbonyl (C=O) groups is 1. The molecule has 1 aromatic heterocycles. The number of carbonyl (C=O) groups excluding carboxylic acids is 1. The van der Waals surface area contributed by atoms with Crippen LogP contribution in [0.1, 0.15) is 40.1 Å². The number of rotatable bonds is 5. The molecule has 0 spiro atoms. The number of aromatic nitrogens is 2. The fourth-order valence-corrected chi connectivity index (χ4v) is 4.31. The van der Waals surface area contributed by atoms with Crippen LogP contribution in [0.5, 0.6) is 11.5 Å². The standard InChI is InChI=1S/C23H19ClF6N4O3/c1-36-15-8-7-11(9-16(15)37-2)14-10-17(23(28,29)30)34-20(31-14)18(24)19(33-34)21(35)32-13-6-4-3-5-12(13)22(25,26)27/h3-9,14,17,31H,10H2,1-2H3,(H,32,35)/t14-,17+/m1/s1. The Balaban J connectivity index is 1.72. The van der Waals surface area contributed by atoms with Crippen molar-refractivity contribution in [2.45, 2.75) is 30.9 Å². The number of alkyl halides is 6. The summed E-state index contributed by atoms with van der Waals surface area (Å²) in [6.07, 6.45) is -10.1. The number of amides is 1. The molecule has 2 atom stereocenters. The molecule has 198 valence electrons. The van der Waals surface area contributed by atoms with E-state index in [0.29, 0.717) is 21.7 Å². The Kier molecular flexibility index (Phi) is 6.93. The number of benzene rings is 2. The lowest BCUT2D eigenvalue weighted by Crippen LogP contribution is -2.35. The Morgan fingerprint density at radius 1 is 1.08 bits per heavy atom. The van der Waals surface area contributed by atoms with Crippen molar-refractivity contribution < 1.29 is 40.6 Å². The number of fused-ring (bicyclic) bond motifs is 1. The monoisotopic (exact) mass is 548 g/mol. The van der Waals surface area contributed by atoms with Crippen molar-refractivity contribution in [3.8, 4) is 11.5 Å². The minimum atomic E-state index is -4.78. The topological polar surface area (TPSA) is 77.4 Å². The Labute approximate surface area is 211 Å². The highest BCUT2D eigenvalue weighted by Gasteiger charge is 2.48. The van der Waals surface area contributed by atoms with E-state index in [4.69, 9.17) is 21.1 Å². The fraction of sp³-hybridized carbons (Fsp3) is 0.304. The molecule has 1 aliphatic rings. The fourth-order valence-electron chi connectivity index (χ4n) is 4.04. The van der Waals surface area contributed by atoms with Gasteiger partial charge in [-0.25, -0.2) is 4.68 Å². The maximum atomic E-state index is 14.0. The number of hydrogen-bond acceptors (Lipinski definition) is 5. The number of hydrogen-bond donors (Lipinski definition) is 2. The van der Waals surface area contributed by atoms with Crippen LogP contribution in [-0.2, 0) is 6.18 Å². The summed E-state index contributed by atoms with van der Waals surface area (Å²) in [5.74, 6) is -0.840. The van der Waals surface area contributed by atoms with Gasteiger partial charge in [0.1, 0.15) is 10.8 Å². The summed E-state index contributed by atoms with van der Waals surface area (Å²) in [7, 11) is 2.79. The maximum absolute atomic E-state index is 14.0. The molecule has 1 amide bonds. The van der Waals surface area contributed by atoms with E-state index in [0.717, 1.165) is 18.2 Å². The van der Waals surface area contributed by atoms with Crippen LogP contribution in [0.15, 0.2) is 42.5 Å². The molecule has 0 saturated carbocycles. The highest BCUT2D eigenvalue weighted by molar-refractivity contribution is 6.36. The maximum Gasteiger partial charge on any atom is 0.418 e. The van der Waals surface area contributed by atoms with Gasteiger partial charge in [-0.3, -0.25) is 4.79 Å². The van der Waals surface area contributed by atoms with Gasteiger partial charge < -0.3 is 20.1 Å². The second kappa shape index (κ2) is 9.69. The third kappa shape index (κ3) is 5.13. The smallest absolute Gasteiger partial charge is 0.418 e. The molecule has 0 saturated heterocycles.